The first-order valence-corrected chi connectivity index (χ1v) is 9.44. The number of benzene rings is 1. The molecule has 28 heavy (non-hydrogen) atoms. The summed E-state index contributed by atoms with van der Waals surface area (Å²) in [6.07, 6.45) is 9.43. The van der Waals surface area contributed by atoms with Crippen molar-refractivity contribution in [3.63, 3.8) is 0 Å². The Morgan fingerprint density at radius 3 is 2.75 bits per heavy atom. The number of aromatic nitrogens is 4. The Bertz CT molecular complexity index is 983. The lowest BCUT2D eigenvalue weighted by Gasteiger charge is -2.12. The van der Waals surface area contributed by atoms with Crippen LogP contribution in [0.3, 0.4) is 0 Å². The zero-order chi connectivity index (χ0) is 19.3. The van der Waals surface area contributed by atoms with Gasteiger partial charge in [0, 0.05) is 11.6 Å². The van der Waals surface area contributed by atoms with Gasteiger partial charge in [-0.2, -0.15) is 5.10 Å². The summed E-state index contributed by atoms with van der Waals surface area (Å²) in [5.41, 5.74) is 3.14. The number of hydrogen-bond acceptors (Lipinski definition) is 5. The van der Waals surface area contributed by atoms with Crippen LogP contribution < -0.4 is 10.1 Å². The van der Waals surface area contributed by atoms with Crippen molar-refractivity contribution in [1.82, 2.24) is 20.2 Å². The van der Waals surface area contributed by atoms with E-state index in [-0.39, 0.29) is 5.82 Å². The second-order valence-electron chi connectivity index (χ2n) is 7.05. The van der Waals surface area contributed by atoms with Crippen molar-refractivity contribution in [3.05, 3.63) is 53.6 Å². The van der Waals surface area contributed by atoms with Gasteiger partial charge >= 0.3 is 0 Å². The highest BCUT2D eigenvalue weighted by Gasteiger charge is 2.17. The molecule has 2 aromatic heterocycles. The maximum atomic E-state index is 6.92. The number of H-pyrrole nitrogens is 1. The third kappa shape index (κ3) is 3.96. The summed E-state index contributed by atoms with van der Waals surface area (Å²) in [7, 11) is 1.70. The molecule has 0 unspecified atom stereocenters. The number of ether oxygens (including phenoxy) is 1. The molecular formula is C21H22N6O. The van der Waals surface area contributed by atoms with Crippen molar-refractivity contribution in [3.8, 4) is 17.0 Å². The van der Waals surface area contributed by atoms with Crippen LogP contribution in [0.15, 0.2) is 36.7 Å². The molecule has 1 aliphatic carbocycles. The van der Waals surface area contributed by atoms with Crippen molar-refractivity contribution >= 4 is 17.5 Å². The molecule has 0 radical (unpaired) electrons. The Balaban J connectivity index is 1.51. The van der Waals surface area contributed by atoms with Crippen LogP contribution in [-0.4, -0.2) is 27.3 Å². The lowest BCUT2D eigenvalue weighted by molar-refractivity contribution is 0.415. The second-order valence-corrected chi connectivity index (χ2v) is 7.05. The summed E-state index contributed by atoms with van der Waals surface area (Å²) in [5, 5.41) is 10.4. The SMILES string of the molecule is [C-]#[N+]c1cnc(Nc2cc(-c3ccc(CC4CCCC4)cc3OC)[nH]n2)cn1. The van der Waals surface area contributed by atoms with Crippen molar-refractivity contribution < 1.29 is 4.74 Å². The van der Waals surface area contributed by atoms with Gasteiger partial charge in [-0.15, -0.1) is 4.98 Å². The van der Waals surface area contributed by atoms with Gasteiger partial charge in [-0.3, -0.25) is 5.10 Å². The second kappa shape index (κ2) is 8.09. The van der Waals surface area contributed by atoms with E-state index in [1.807, 2.05) is 6.07 Å². The molecule has 0 amide bonds. The molecule has 0 bridgehead atoms. The van der Waals surface area contributed by atoms with Crippen LogP contribution in [-0.2, 0) is 6.42 Å². The van der Waals surface area contributed by atoms with Crippen LogP contribution in [0.5, 0.6) is 5.75 Å². The van der Waals surface area contributed by atoms with Gasteiger partial charge in [0.1, 0.15) is 5.75 Å². The normalized spacial score (nSPS) is 14.0. The quantitative estimate of drug-likeness (QED) is 0.600. The van der Waals surface area contributed by atoms with E-state index in [4.69, 9.17) is 11.3 Å². The average Bonchev–Trinajstić information content (AvgIpc) is 3.41. The minimum atomic E-state index is 0.260. The number of methoxy groups -OCH3 is 1. The van der Waals surface area contributed by atoms with E-state index < -0.39 is 0 Å². The van der Waals surface area contributed by atoms with Gasteiger partial charge in [0.05, 0.1) is 19.0 Å². The molecule has 2 heterocycles. The number of anilines is 2. The highest BCUT2D eigenvalue weighted by atomic mass is 16.5. The average molecular weight is 374 g/mol. The predicted octanol–water partition coefficient (Wildman–Crippen LogP) is 4.90. The molecule has 2 N–H and O–H groups in total. The van der Waals surface area contributed by atoms with Gasteiger partial charge in [-0.05, 0) is 30.0 Å². The topological polar surface area (TPSA) is 80.1 Å². The van der Waals surface area contributed by atoms with E-state index >= 15 is 0 Å². The van der Waals surface area contributed by atoms with E-state index in [0.717, 1.165) is 29.3 Å². The summed E-state index contributed by atoms with van der Waals surface area (Å²) in [6, 6.07) is 8.30. The van der Waals surface area contributed by atoms with Gasteiger partial charge in [0.15, 0.2) is 17.8 Å². The van der Waals surface area contributed by atoms with Crippen LogP contribution >= 0.6 is 0 Å². The van der Waals surface area contributed by atoms with Crippen LogP contribution in [0.25, 0.3) is 16.1 Å². The zero-order valence-corrected chi connectivity index (χ0v) is 15.8. The molecule has 7 heteroatoms. The minimum Gasteiger partial charge on any atom is -0.496 e. The molecule has 142 valence electrons. The number of nitrogens with one attached hydrogen (secondary N) is 2. The molecule has 1 fully saturated rings. The van der Waals surface area contributed by atoms with Crippen LogP contribution in [0.1, 0.15) is 31.2 Å². The first-order chi connectivity index (χ1) is 13.7. The summed E-state index contributed by atoms with van der Waals surface area (Å²) < 4.78 is 5.64. The Morgan fingerprint density at radius 2 is 2.04 bits per heavy atom. The summed E-state index contributed by atoms with van der Waals surface area (Å²) in [4.78, 5) is 11.4. The smallest absolute Gasteiger partial charge is 0.288 e. The van der Waals surface area contributed by atoms with E-state index in [1.165, 1.54) is 43.6 Å². The molecule has 0 aliphatic heterocycles. The van der Waals surface area contributed by atoms with Crippen LogP contribution in [0, 0.1) is 12.5 Å². The Morgan fingerprint density at radius 1 is 1.18 bits per heavy atom. The number of aromatic amines is 1. The van der Waals surface area contributed by atoms with Crippen molar-refractivity contribution in [2.45, 2.75) is 32.1 Å². The highest BCUT2D eigenvalue weighted by molar-refractivity contribution is 5.71. The number of hydrogen-bond donors (Lipinski definition) is 2. The van der Waals surface area contributed by atoms with Crippen LogP contribution in [0.2, 0.25) is 0 Å². The lowest BCUT2D eigenvalue weighted by atomic mass is 9.96. The third-order valence-electron chi connectivity index (χ3n) is 5.14. The van der Waals surface area contributed by atoms with Crippen molar-refractivity contribution in [2.75, 3.05) is 12.4 Å². The molecule has 7 nitrogen and oxygen atoms in total. The molecule has 3 aromatic rings. The Hall–Kier alpha value is -3.40. The van der Waals surface area contributed by atoms with Crippen molar-refractivity contribution in [1.29, 1.82) is 0 Å². The zero-order valence-electron chi connectivity index (χ0n) is 15.8. The first-order valence-electron chi connectivity index (χ1n) is 9.44. The monoisotopic (exact) mass is 374 g/mol. The highest BCUT2D eigenvalue weighted by Crippen LogP contribution is 2.34. The van der Waals surface area contributed by atoms with E-state index in [1.54, 1.807) is 7.11 Å². The summed E-state index contributed by atoms with van der Waals surface area (Å²) in [6.45, 7) is 6.92. The number of rotatable bonds is 6. The molecule has 4 rings (SSSR count). The predicted molar refractivity (Wildman–Crippen MR) is 108 cm³/mol. The molecule has 0 spiro atoms. The molecule has 1 aliphatic rings. The maximum Gasteiger partial charge on any atom is 0.288 e. The Kier molecular flexibility index (Phi) is 5.20. The van der Waals surface area contributed by atoms with E-state index in [9.17, 15) is 0 Å². The first kappa shape index (κ1) is 18.0. The molecular weight excluding hydrogens is 352 g/mol. The van der Waals surface area contributed by atoms with Crippen molar-refractivity contribution in [2.24, 2.45) is 5.92 Å². The van der Waals surface area contributed by atoms with Gasteiger partial charge < -0.3 is 14.9 Å². The summed E-state index contributed by atoms with van der Waals surface area (Å²) in [5.74, 6) is 3.05. The Labute approximate surface area is 164 Å². The van der Waals surface area contributed by atoms with E-state index in [0.29, 0.717) is 11.6 Å². The third-order valence-corrected chi connectivity index (χ3v) is 5.14. The number of nitrogens with zero attached hydrogens (tertiary/aromatic N) is 4. The summed E-state index contributed by atoms with van der Waals surface area (Å²) >= 11 is 0. The molecule has 1 aromatic carbocycles. The van der Waals surface area contributed by atoms with Gasteiger partial charge in [-0.25, -0.2) is 4.98 Å². The minimum absolute atomic E-state index is 0.260. The van der Waals surface area contributed by atoms with Gasteiger partial charge in [0.2, 0.25) is 0 Å². The molecule has 0 saturated heterocycles. The standard InChI is InChI=1S/C21H22N6O/c1-22-20-12-24-21(13-23-20)25-19-11-17(26-27-19)16-8-7-15(10-18(16)28-2)9-14-5-3-4-6-14/h7-8,10-14H,3-6,9H2,2H3,(H2,24,25,26,27). The fourth-order valence-electron chi connectivity index (χ4n) is 3.73. The lowest BCUT2D eigenvalue weighted by Crippen LogP contribution is -1.99. The van der Waals surface area contributed by atoms with Gasteiger partial charge in [0.25, 0.3) is 5.82 Å². The maximum absolute atomic E-state index is 6.92. The largest absolute Gasteiger partial charge is 0.496 e. The van der Waals surface area contributed by atoms with Crippen LogP contribution in [0.4, 0.5) is 17.5 Å². The van der Waals surface area contributed by atoms with E-state index in [2.05, 4.69) is 48.5 Å². The fourth-order valence-corrected chi connectivity index (χ4v) is 3.73. The molecule has 1 saturated carbocycles. The van der Waals surface area contributed by atoms with Gasteiger partial charge in [-0.1, -0.05) is 38.3 Å². The molecule has 0 atom stereocenters. The fraction of sp³-hybridized carbons (Fsp3) is 0.333.